The Bertz CT molecular complexity index is 314. The van der Waals surface area contributed by atoms with Crippen LogP contribution in [0.4, 0.5) is 4.39 Å². The zero-order chi connectivity index (χ0) is 9.84. The van der Waals surface area contributed by atoms with Crippen molar-refractivity contribution in [3.8, 4) is 0 Å². The van der Waals surface area contributed by atoms with Crippen LogP contribution in [0.15, 0.2) is 18.3 Å². The molecule has 0 saturated carbocycles. The average Bonchev–Trinajstić information content (AvgIpc) is 2.16. The summed E-state index contributed by atoms with van der Waals surface area (Å²) in [7, 11) is 1.26. The van der Waals surface area contributed by atoms with E-state index in [1.54, 1.807) is 6.92 Å². The summed E-state index contributed by atoms with van der Waals surface area (Å²) >= 11 is 0. The molecule has 0 aliphatic carbocycles. The van der Waals surface area contributed by atoms with Crippen LogP contribution >= 0.6 is 0 Å². The topological polar surface area (TPSA) is 39.2 Å². The second kappa shape index (κ2) is 3.98. The van der Waals surface area contributed by atoms with Crippen LogP contribution in [-0.4, -0.2) is 18.1 Å². The van der Waals surface area contributed by atoms with Crippen molar-refractivity contribution in [2.75, 3.05) is 7.11 Å². The molecule has 0 radical (unpaired) electrons. The number of aromatic nitrogens is 1. The van der Waals surface area contributed by atoms with E-state index < -0.39 is 17.7 Å². The van der Waals surface area contributed by atoms with Crippen LogP contribution in [0.2, 0.25) is 0 Å². The highest BCUT2D eigenvalue weighted by molar-refractivity contribution is 5.76. The molecule has 0 N–H and O–H groups in total. The third-order valence-electron chi connectivity index (χ3n) is 1.75. The number of nitrogens with zero attached hydrogens (tertiary/aromatic N) is 1. The molecule has 1 unspecified atom stereocenters. The Morgan fingerprint density at radius 2 is 2.38 bits per heavy atom. The van der Waals surface area contributed by atoms with E-state index in [-0.39, 0.29) is 5.69 Å². The molecule has 1 aromatic rings. The Kier molecular flexibility index (Phi) is 2.95. The van der Waals surface area contributed by atoms with Crippen molar-refractivity contribution in [3.05, 3.63) is 29.8 Å². The quantitative estimate of drug-likeness (QED) is 0.652. The molecule has 0 fully saturated rings. The predicted octanol–water partition coefficient (Wildman–Crippen LogP) is 1.50. The highest BCUT2D eigenvalue weighted by Gasteiger charge is 2.20. The third-order valence-corrected chi connectivity index (χ3v) is 1.75. The van der Waals surface area contributed by atoms with Crippen molar-refractivity contribution < 1.29 is 13.9 Å². The van der Waals surface area contributed by atoms with E-state index in [0.29, 0.717) is 0 Å². The van der Waals surface area contributed by atoms with Gasteiger partial charge in [0.25, 0.3) is 0 Å². The molecule has 13 heavy (non-hydrogen) atoms. The molecule has 1 rings (SSSR count). The normalized spacial score (nSPS) is 12.2. The number of halogens is 1. The molecule has 1 heterocycles. The first-order chi connectivity index (χ1) is 6.16. The van der Waals surface area contributed by atoms with Crippen LogP contribution in [-0.2, 0) is 9.53 Å². The molecule has 0 amide bonds. The predicted molar refractivity (Wildman–Crippen MR) is 44.6 cm³/mol. The fourth-order valence-corrected chi connectivity index (χ4v) is 1.00. The van der Waals surface area contributed by atoms with Crippen molar-refractivity contribution >= 4 is 5.97 Å². The lowest BCUT2D eigenvalue weighted by Gasteiger charge is -2.08. The molecule has 0 bridgehead atoms. The molecule has 1 aromatic heterocycles. The van der Waals surface area contributed by atoms with Gasteiger partial charge in [-0.05, 0) is 19.1 Å². The van der Waals surface area contributed by atoms with Crippen molar-refractivity contribution in [2.24, 2.45) is 0 Å². The number of carbonyl (C=O) groups is 1. The minimum absolute atomic E-state index is 0.120. The van der Waals surface area contributed by atoms with Crippen LogP contribution in [0.1, 0.15) is 18.5 Å². The lowest BCUT2D eigenvalue weighted by atomic mass is 10.1. The van der Waals surface area contributed by atoms with E-state index in [4.69, 9.17) is 0 Å². The Morgan fingerprint density at radius 3 is 2.92 bits per heavy atom. The standard InChI is InChI=1S/C9H10FNO2/c1-6(9(12)13-2)8-7(10)4-3-5-11-8/h3-6H,1-2H3. The minimum atomic E-state index is -0.661. The molecule has 0 saturated heterocycles. The zero-order valence-corrected chi connectivity index (χ0v) is 7.45. The molecule has 0 spiro atoms. The number of hydrogen-bond donors (Lipinski definition) is 0. The van der Waals surface area contributed by atoms with Gasteiger partial charge in [0.1, 0.15) is 5.82 Å². The Labute approximate surface area is 75.6 Å². The second-order valence-corrected chi connectivity index (χ2v) is 2.62. The fourth-order valence-electron chi connectivity index (χ4n) is 1.00. The molecule has 4 heteroatoms. The van der Waals surface area contributed by atoms with Crippen molar-refractivity contribution in [2.45, 2.75) is 12.8 Å². The summed E-state index contributed by atoms with van der Waals surface area (Å²) in [4.78, 5) is 14.8. The minimum Gasteiger partial charge on any atom is -0.469 e. The van der Waals surface area contributed by atoms with Gasteiger partial charge in [0, 0.05) is 6.20 Å². The van der Waals surface area contributed by atoms with Gasteiger partial charge >= 0.3 is 5.97 Å². The van der Waals surface area contributed by atoms with E-state index in [0.717, 1.165) is 0 Å². The molecular formula is C9H10FNO2. The van der Waals surface area contributed by atoms with Gasteiger partial charge in [-0.2, -0.15) is 0 Å². The van der Waals surface area contributed by atoms with E-state index in [1.807, 2.05) is 0 Å². The summed E-state index contributed by atoms with van der Waals surface area (Å²) < 4.78 is 17.5. The molecule has 0 aliphatic heterocycles. The monoisotopic (exact) mass is 183 g/mol. The first-order valence-electron chi connectivity index (χ1n) is 3.85. The first kappa shape index (κ1) is 9.64. The number of pyridine rings is 1. The summed E-state index contributed by atoms with van der Waals surface area (Å²) in [5.41, 5.74) is 0.120. The van der Waals surface area contributed by atoms with Crippen LogP contribution < -0.4 is 0 Å². The molecule has 0 aliphatic rings. The summed E-state index contributed by atoms with van der Waals surface area (Å²) in [6.07, 6.45) is 1.44. The summed E-state index contributed by atoms with van der Waals surface area (Å²) in [6, 6.07) is 2.74. The molecule has 0 aromatic carbocycles. The number of methoxy groups -OCH3 is 1. The van der Waals surface area contributed by atoms with Gasteiger partial charge in [-0.1, -0.05) is 0 Å². The summed E-state index contributed by atoms with van der Waals surface area (Å²) in [5.74, 6) is -1.64. The molecule has 3 nitrogen and oxygen atoms in total. The zero-order valence-electron chi connectivity index (χ0n) is 7.45. The van der Waals surface area contributed by atoms with E-state index in [1.165, 1.54) is 25.4 Å². The van der Waals surface area contributed by atoms with Gasteiger partial charge in [0.15, 0.2) is 0 Å². The van der Waals surface area contributed by atoms with E-state index >= 15 is 0 Å². The maximum absolute atomic E-state index is 13.1. The van der Waals surface area contributed by atoms with Gasteiger partial charge in [-0.15, -0.1) is 0 Å². The van der Waals surface area contributed by atoms with Crippen LogP contribution in [0.25, 0.3) is 0 Å². The van der Waals surface area contributed by atoms with Crippen LogP contribution in [0.5, 0.6) is 0 Å². The number of hydrogen-bond acceptors (Lipinski definition) is 3. The highest BCUT2D eigenvalue weighted by atomic mass is 19.1. The number of ether oxygens (including phenoxy) is 1. The van der Waals surface area contributed by atoms with Crippen molar-refractivity contribution in [1.82, 2.24) is 4.98 Å². The maximum atomic E-state index is 13.1. The molecule has 1 atom stereocenters. The maximum Gasteiger partial charge on any atom is 0.314 e. The van der Waals surface area contributed by atoms with E-state index in [9.17, 15) is 9.18 Å². The Morgan fingerprint density at radius 1 is 1.69 bits per heavy atom. The Hall–Kier alpha value is -1.45. The number of esters is 1. The van der Waals surface area contributed by atoms with Gasteiger partial charge < -0.3 is 4.74 Å². The largest absolute Gasteiger partial charge is 0.469 e. The van der Waals surface area contributed by atoms with Crippen molar-refractivity contribution in [1.29, 1.82) is 0 Å². The first-order valence-corrected chi connectivity index (χ1v) is 3.85. The van der Waals surface area contributed by atoms with Crippen molar-refractivity contribution in [3.63, 3.8) is 0 Å². The Balaban J connectivity index is 2.95. The van der Waals surface area contributed by atoms with Gasteiger partial charge in [-0.25, -0.2) is 4.39 Å². The SMILES string of the molecule is COC(=O)C(C)c1ncccc1F. The summed E-state index contributed by atoms with van der Waals surface area (Å²) in [5, 5.41) is 0. The van der Waals surface area contributed by atoms with E-state index in [2.05, 4.69) is 9.72 Å². The second-order valence-electron chi connectivity index (χ2n) is 2.62. The smallest absolute Gasteiger partial charge is 0.314 e. The van der Waals surface area contributed by atoms with Gasteiger partial charge in [0.2, 0.25) is 0 Å². The van der Waals surface area contributed by atoms with Crippen LogP contribution in [0, 0.1) is 5.82 Å². The number of carbonyl (C=O) groups excluding carboxylic acids is 1. The summed E-state index contributed by atoms with van der Waals surface area (Å²) in [6.45, 7) is 1.55. The van der Waals surface area contributed by atoms with Crippen LogP contribution in [0.3, 0.4) is 0 Å². The lowest BCUT2D eigenvalue weighted by molar-refractivity contribution is -0.142. The molecular weight excluding hydrogens is 173 g/mol. The number of rotatable bonds is 2. The fraction of sp³-hybridized carbons (Fsp3) is 0.333. The molecule has 70 valence electrons. The van der Waals surface area contributed by atoms with Gasteiger partial charge in [0.05, 0.1) is 18.7 Å². The van der Waals surface area contributed by atoms with Gasteiger partial charge in [-0.3, -0.25) is 9.78 Å². The lowest BCUT2D eigenvalue weighted by Crippen LogP contribution is -2.13. The highest BCUT2D eigenvalue weighted by Crippen LogP contribution is 2.16. The average molecular weight is 183 g/mol. The third kappa shape index (κ3) is 2.02.